The molecule has 2 rings (SSSR count). The number of hydrogen-bond donors (Lipinski definition) is 1. The highest BCUT2D eigenvalue weighted by Crippen LogP contribution is 2.19. The van der Waals surface area contributed by atoms with Crippen LogP contribution in [0.15, 0.2) is 0 Å². The molecule has 0 aromatic heterocycles. The molecule has 20 heavy (non-hydrogen) atoms. The van der Waals surface area contributed by atoms with E-state index in [0.29, 0.717) is 32.5 Å². The second-order valence-electron chi connectivity index (χ2n) is 5.78. The Morgan fingerprint density at radius 3 is 2.30 bits per heavy atom. The average molecular weight is 303 g/mol. The fraction of sp³-hybridized carbons (Fsp3) is 0.923. The van der Waals surface area contributed by atoms with Crippen LogP contribution < -0.4 is 5.32 Å². The van der Waals surface area contributed by atoms with Crippen LogP contribution in [0.25, 0.3) is 0 Å². The zero-order valence-corrected chi connectivity index (χ0v) is 13.0. The van der Waals surface area contributed by atoms with Crippen LogP contribution in [0.2, 0.25) is 0 Å². The van der Waals surface area contributed by atoms with Gasteiger partial charge in [-0.15, -0.1) is 0 Å². The van der Waals surface area contributed by atoms with Crippen molar-refractivity contribution in [2.45, 2.75) is 25.7 Å². The third kappa shape index (κ3) is 4.43. The molecule has 0 aliphatic carbocycles. The van der Waals surface area contributed by atoms with Crippen molar-refractivity contribution >= 4 is 15.9 Å². The first-order valence-electron chi connectivity index (χ1n) is 7.42. The third-order valence-corrected chi connectivity index (χ3v) is 5.52. The summed E-state index contributed by atoms with van der Waals surface area (Å²) in [5.41, 5.74) is 0. The summed E-state index contributed by atoms with van der Waals surface area (Å²) in [7, 11) is -3.11. The van der Waals surface area contributed by atoms with Gasteiger partial charge in [-0.1, -0.05) is 0 Å². The minimum atomic E-state index is -3.11. The van der Waals surface area contributed by atoms with Crippen LogP contribution >= 0.6 is 0 Å². The normalized spacial score (nSPS) is 23.1. The van der Waals surface area contributed by atoms with Gasteiger partial charge in [0.25, 0.3) is 0 Å². The predicted octanol–water partition coefficient (Wildman–Crippen LogP) is -0.130. The van der Waals surface area contributed by atoms with Gasteiger partial charge in [-0.05, 0) is 38.8 Å². The number of rotatable bonds is 5. The molecular formula is C13H25N3O3S. The number of sulfonamides is 1. The van der Waals surface area contributed by atoms with Gasteiger partial charge in [0.05, 0.1) is 6.26 Å². The van der Waals surface area contributed by atoms with Crippen molar-refractivity contribution in [1.29, 1.82) is 0 Å². The van der Waals surface area contributed by atoms with Crippen molar-refractivity contribution in [3.05, 3.63) is 0 Å². The molecule has 1 amide bonds. The lowest BCUT2D eigenvalue weighted by molar-refractivity contribution is -0.126. The molecule has 0 bridgehead atoms. The van der Waals surface area contributed by atoms with Crippen LogP contribution in [0.4, 0.5) is 0 Å². The van der Waals surface area contributed by atoms with Crippen LogP contribution in [0, 0.1) is 5.92 Å². The van der Waals surface area contributed by atoms with Crippen molar-refractivity contribution in [1.82, 2.24) is 14.5 Å². The summed E-state index contributed by atoms with van der Waals surface area (Å²) in [4.78, 5) is 14.4. The Kier molecular flexibility index (Phi) is 5.40. The molecule has 116 valence electrons. The van der Waals surface area contributed by atoms with Crippen molar-refractivity contribution in [2.24, 2.45) is 5.92 Å². The highest BCUT2D eigenvalue weighted by Gasteiger charge is 2.28. The maximum Gasteiger partial charge on any atom is 0.223 e. The molecule has 0 saturated carbocycles. The van der Waals surface area contributed by atoms with E-state index in [2.05, 4.69) is 10.2 Å². The van der Waals surface area contributed by atoms with Crippen LogP contribution in [-0.2, 0) is 14.8 Å². The van der Waals surface area contributed by atoms with Crippen LogP contribution in [-0.4, -0.2) is 69.1 Å². The molecule has 2 saturated heterocycles. The van der Waals surface area contributed by atoms with Gasteiger partial charge >= 0.3 is 0 Å². The Morgan fingerprint density at radius 1 is 1.15 bits per heavy atom. The molecule has 0 radical (unpaired) electrons. The molecular weight excluding hydrogens is 278 g/mol. The zero-order valence-electron chi connectivity index (χ0n) is 12.2. The Balaban J connectivity index is 1.66. The van der Waals surface area contributed by atoms with Crippen molar-refractivity contribution in [2.75, 3.05) is 45.5 Å². The second-order valence-corrected chi connectivity index (χ2v) is 7.76. The van der Waals surface area contributed by atoms with Gasteiger partial charge in [-0.2, -0.15) is 0 Å². The van der Waals surface area contributed by atoms with Gasteiger partial charge in [0.15, 0.2) is 0 Å². The van der Waals surface area contributed by atoms with Gasteiger partial charge in [0.1, 0.15) is 0 Å². The molecule has 1 N–H and O–H groups in total. The van der Waals surface area contributed by atoms with E-state index < -0.39 is 10.0 Å². The molecule has 0 spiro atoms. The minimum absolute atomic E-state index is 0.0356. The van der Waals surface area contributed by atoms with Gasteiger partial charge in [-0.3, -0.25) is 4.79 Å². The third-order valence-electron chi connectivity index (χ3n) is 4.22. The number of amides is 1. The first-order valence-corrected chi connectivity index (χ1v) is 9.27. The van der Waals surface area contributed by atoms with Crippen LogP contribution in [0.1, 0.15) is 25.7 Å². The predicted molar refractivity (Wildman–Crippen MR) is 77.8 cm³/mol. The number of carbonyl (C=O) groups excluding carboxylic acids is 1. The highest BCUT2D eigenvalue weighted by molar-refractivity contribution is 7.88. The summed E-state index contributed by atoms with van der Waals surface area (Å²) in [5, 5.41) is 2.98. The molecule has 0 atom stereocenters. The van der Waals surface area contributed by atoms with Crippen LogP contribution in [0.3, 0.4) is 0 Å². The number of likely N-dealkylation sites (tertiary alicyclic amines) is 1. The Bertz CT molecular complexity index is 424. The van der Waals surface area contributed by atoms with Crippen molar-refractivity contribution < 1.29 is 13.2 Å². The molecule has 0 aromatic rings. The lowest BCUT2D eigenvalue weighted by atomic mass is 9.97. The molecule has 0 aromatic carbocycles. The maximum atomic E-state index is 12.0. The quantitative estimate of drug-likeness (QED) is 0.768. The van der Waals surface area contributed by atoms with E-state index in [1.54, 1.807) is 0 Å². The van der Waals surface area contributed by atoms with Crippen molar-refractivity contribution in [3.8, 4) is 0 Å². The first kappa shape index (κ1) is 15.7. The number of nitrogens with one attached hydrogen (secondary N) is 1. The molecule has 2 aliphatic rings. The van der Waals surface area contributed by atoms with E-state index in [1.807, 2.05) is 0 Å². The highest BCUT2D eigenvalue weighted by atomic mass is 32.2. The van der Waals surface area contributed by atoms with Crippen molar-refractivity contribution in [3.63, 3.8) is 0 Å². The SMILES string of the molecule is CS(=O)(=O)N1CCC(C(=O)NCCN2CCCC2)CC1. The summed E-state index contributed by atoms with van der Waals surface area (Å²) in [6.07, 6.45) is 5.00. The van der Waals surface area contributed by atoms with E-state index in [1.165, 1.54) is 23.4 Å². The summed E-state index contributed by atoms with van der Waals surface area (Å²) in [6, 6.07) is 0. The minimum Gasteiger partial charge on any atom is -0.355 e. The fourth-order valence-corrected chi connectivity index (χ4v) is 3.81. The summed E-state index contributed by atoms with van der Waals surface area (Å²) in [5.74, 6) is 0.0453. The Morgan fingerprint density at radius 2 is 1.75 bits per heavy atom. The van der Waals surface area contributed by atoms with Gasteiger partial charge in [0, 0.05) is 32.1 Å². The van der Waals surface area contributed by atoms with E-state index in [4.69, 9.17) is 0 Å². The largest absolute Gasteiger partial charge is 0.355 e. The number of nitrogens with zero attached hydrogens (tertiary/aromatic N) is 2. The molecule has 2 aliphatic heterocycles. The summed E-state index contributed by atoms with van der Waals surface area (Å²) in [6.45, 7) is 4.83. The van der Waals surface area contributed by atoms with Gasteiger partial charge in [-0.25, -0.2) is 12.7 Å². The average Bonchev–Trinajstić information content (AvgIpc) is 2.91. The molecule has 7 heteroatoms. The zero-order chi connectivity index (χ0) is 14.6. The maximum absolute atomic E-state index is 12.0. The number of hydrogen-bond acceptors (Lipinski definition) is 4. The van der Waals surface area contributed by atoms with Gasteiger partial charge < -0.3 is 10.2 Å². The monoisotopic (exact) mass is 303 g/mol. The smallest absolute Gasteiger partial charge is 0.223 e. The Hall–Kier alpha value is -0.660. The van der Waals surface area contributed by atoms with E-state index >= 15 is 0 Å². The Labute approximate surface area is 121 Å². The molecule has 0 unspecified atom stereocenters. The van der Waals surface area contributed by atoms with E-state index in [0.717, 1.165) is 19.6 Å². The second kappa shape index (κ2) is 6.87. The number of carbonyl (C=O) groups is 1. The topological polar surface area (TPSA) is 69.7 Å². The number of piperidine rings is 1. The van der Waals surface area contributed by atoms with E-state index in [-0.39, 0.29) is 11.8 Å². The van der Waals surface area contributed by atoms with Crippen LogP contribution in [0.5, 0.6) is 0 Å². The lowest BCUT2D eigenvalue weighted by Gasteiger charge is -2.29. The van der Waals surface area contributed by atoms with Gasteiger partial charge in [0.2, 0.25) is 15.9 Å². The molecule has 6 nitrogen and oxygen atoms in total. The lowest BCUT2D eigenvalue weighted by Crippen LogP contribution is -2.43. The summed E-state index contributed by atoms with van der Waals surface area (Å²) >= 11 is 0. The van der Waals surface area contributed by atoms with E-state index in [9.17, 15) is 13.2 Å². The molecule has 2 heterocycles. The first-order chi connectivity index (χ1) is 9.47. The summed E-state index contributed by atoms with van der Waals surface area (Å²) < 4.78 is 24.3. The standard InChI is InChI=1S/C13H25N3O3S/c1-20(18,19)16-9-4-12(5-10-16)13(17)14-6-11-15-7-2-3-8-15/h12H,2-11H2,1H3,(H,14,17). The fourth-order valence-electron chi connectivity index (χ4n) is 2.94. The molecule has 2 fully saturated rings.